The highest BCUT2D eigenvalue weighted by Crippen LogP contribution is 2.62. The van der Waals surface area contributed by atoms with Crippen LogP contribution in [0.15, 0.2) is 48.5 Å². The fourth-order valence-corrected chi connectivity index (χ4v) is 6.37. The quantitative estimate of drug-likeness (QED) is 0.806. The third-order valence-corrected chi connectivity index (χ3v) is 7.06. The average molecular weight is 361 g/mol. The van der Waals surface area contributed by atoms with Crippen molar-refractivity contribution in [2.24, 2.45) is 17.8 Å². The van der Waals surface area contributed by atoms with Crippen LogP contribution >= 0.6 is 0 Å². The zero-order valence-electron chi connectivity index (χ0n) is 15.5. The molecule has 4 fully saturated rings. The summed E-state index contributed by atoms with van der Waals surface area (Å²) in [7, 11) is 0. The van der Waals surface area contributed by atoms with Crippen molar-refractivity contribution < 1.29 is 14.6 Å². The molecule has 4 saturated carbocycles. The highest BCUT2D eigenvalue weighted by Gasteiger charge is 2.52. The zero-order valence-corrected chi connectivity index (χ0v) is 15.5. The van der Waals surface area contributed by atoms with Gasteiger partial charge in [-0.15, -0.1) is 0 Å². The molecule has 0 saturated heterocycles. The second-order valence-electron chi connectivity index (χ2n) is 8.97. The first-order valence-corrected chi connectivity index (χ1v) is 10.1. The summed E-state index contributed by atoms with van der Waals surface area (Å²) >= 11 is 0. The molecule has 0 aliphatic heterocycles. The van der Waals surface area contributed by atoms with Crippen molar-refractivity contribution in [2.45, 2.75) is 50.5 Å². The molecule has 0 aromatic heterocycles. The van der Waals surface area contributed by atoms with Crippen LogP contribution in [0, 0.1) is 17.8 Å². The number of carbonyl (C=O) groups excluding carboxylic acids is 1. The number of ether oxygens (including phenoxy) is 1. The second-order valence-corrected chi connectivity index (χ2v) is 8.97. The van der Waals surface area contributed by atoms with Gasteiger partial charge in [-0.3, -0.25) is 0 Å². The summed E-state index contributed by atoms with van der Waals surface area (Å²) < 4.78 is 6.23. The molecule has 0 unspecified atom stereocenters. The highest BCUT2D eigenvalue weighted by molar-refractivity contribution is 5.86. The molecule has 0 atom stereocenters. The number of benzene rings is 2. The summed E-state index contributed by atoms with van der Waals surface area (Å²) in [4.78, 5) is 11.5. The predicted molar refractivity (Wildman–Crippen MR) is 101 cm³/mol. The average Bonchev–Trinajstić information content (AvgIpc) is 2.66. The van der Waals surface area contributed by atoms with E-state index in [4.69, 9.17) is 4.74 Å². The first-order chi connectivity index (χ1) is 13.1. The van der Waals surface area contributed by atoms with E-state index in [0.717, 1.165) is 34.6 Å². The molecule has 0 spiro atoms. The molecule has 4 aliphatic carbocycles. The molecule has 2 aromatic carbocycles. The maximum absolute atomic E-state index is 11.5. The van der Waals surface area contributed by atoms with E-state index < -0.39 is 5.97 Å². The molecule has 2 aromatic rings. The van der Waals surface area contributed by atoms with Gasteiger partial charge in [-0.1, -0.05) is 30.3 Å². The molecule has 3 nitrogen and oxygen atoms in total. The van der Waals surface area contributed by atoms with Gasteiger partial charge in [0.25, 0.3) is 0 Å². The van der Waals surface area contributed by atoms with E-state index in [1.165, 1.54) is 38.5 Å². The lowest BCUT2D eigenvalue weighted by Gasteiger charge is -2.57. The van der Waals surface area contributed by atoms with Crippen LogP contribution in [0.5, 0.6) is 5.75 Å². The summed E-state index contributed by atoms with van der Waals surface area (Å²) in [5.74, 6) is 2.14. The smallest absolute Gasteiger partial charge is 0.123 e. The van der Waals surface area contributed by atoms with E-state index in [9.17, 15) is 9.90 Å². The maximum atomic E-state index is 11.5. The SMILES string of the molecule is O=C([O-])c1ccc(OCc2ccccc2)c(C23CC4CC(CC(C4)C2)C3)c1. The highest BCUT2D eigenvalue weighted by atomic mass is 16.5. The van der Waals surface area contributed by atoms with Gasteiger partial charge in [0.05, 0.1) is 5.97 Å². The standard InChI is InChI=1S/C24H26O3/c25-23(26)20-6-7-22(27-15-16-4-2-1-3-5-16)21(11-20)24-12-17-8-18(13-24)10-19(9-17)14-24/h1-7,11,17-19H,8-10,12-15H2,(H,25,26)/p-1. The minimum absolute atomic E-state index is 0.0895. The Labute approximate surface area is 160 Å². The Morgan fingerprint density at radius 2 is 1.59 bits per heavy atom. The Balaban J connectivity index is 1.51. The van der Waals surface area contributed by atoms with E-state index in [-0.39, 0.29) is 11.0 Å². The van der Waals surface area contributed by atoms with Gasteiger partial charge in [0.15, 0.2) is 0 Å². The van der Waals surface area contributed by atoms with Crippen LogP contribution in [0.2, 0.25) is 0 Å². The number of carbonyl (C=O) groups is 1. The molecule has 6 rings (SSSR count). The molecule has 0 N–H and O–H groups in total. The zero-order chi connectivity index (χ0) is 18.4. The molecule has 140 valence electrons. The van der Waals surface area contributed by atoms with Gasteiger partial charge in [-0.05, 0) is 91.0 Å². The minimum atomic E-state index is -1.10. The van der Waals surface area contributed by atoms with Crippen molar-refractivity contribution in [2.75, 3.05) is 0 Å². The van der Waals surface area contributed by atoms with E-state index in [1.54, 1.807) is 6.07 Å². The lowest BCUT2D eigenvalue weighted by molar-refractivity contribution is -0.255. The lowest BCUT2D eigenvalue weighted by atomic mass is 9.48. The van der Waals surface area contributed by atoms with Gasteiger partial charge in [0.2, 0.25) is 0 Å². The number of hydrogen-bond donors (Lipinski definition) is 0. The maximum Gasteiger partial charge on any atom is 0.123 e. The van der Waals surface area contributed by atoms with Crippen LogP contribution in [0.3, 0.4) is 0 Å². The minimum Gasteiger partial charge on any atom is -0.545 e. The third-order valence-electron chi connectivity index (χ3n) is 7.06. The van der Waals surface area contributed by atoms with Crippen molar-refractivity contribution in [1.29, 1.82) is 0 Å². The fraction of sp³-hybridized carbons (Fsp3) is 0.458. The number of carboxylic acid groups (broad SMARTS) is 1. The van der Waals surface area contributed by atoms with Crippen LogP contribution in [-0.4, -0.2) is 5.97 Å². The summed E-state index contributed by atoms with van der Waals surface area (Å²) in [6, 6.07) is 15.5. The lowest BCUT2D eigenvalue weighted by Crippen LogP contribution is -2.48. The molecular formula is C24H25O3-. The monoisotopic (exact) mass is 361 g/mol. The fourth-order valence-electron chi connectivity index (χ4n) is 6.37. The van der Waals surface area contributed by atoms with Gasteiger partial charge >= 0.3 is 0 Å². The molecule has 3 heteroatoms. The van der Waals surface area contributed by atoms with E-state index in [0.29, 0.717) is 6.61 Å². The van der Waals surface area contributed by atoms with Crippen LogP contribution in [0.4, 0.5) is 0 Å². The molecule has 4 aliphatic rings. The molecule has 0 amide bonds. The van der Waals surface area contributed by atoms with E-state index >= 15 is 0 Å². The van der Waals surface area contributed by atoms with Crippen LogP contribution in [-0.2, 0) is 12.0 Å². The van der Waals surface area contributed by atoms with E-state index in [2.05, 4.69) is 12.1 Å². The number of carboxylic acids is 1. The molecule has 0 radical (unpaired) electrons. The summed E-state index contributed by atoms with van der Waals surface area (Å²) in [6.45, 7) is 0.505. The van der Waals surface area contributed by atoms with Gasteiger partial charge < -0.3 is 14.6 Å². The number of rotatable bonds is 5. The van der Waals surface area contributed by atoms with Crippen molar-refractivity contribution in [1.82, 2.24) is 0 Å². The number of hydrogen-bond acceptors (Lipinski definition) is 3. The Bertz CT molecular complexity index is 820. The third kappa shape index (κ3) is 3.03. The molecule has 27 heavy (non-hydrogen) atoms. The Morgan fingerprint density at radius 1 is 0.963 bits per heavy atom. The summed E-state index contributed by atoms with van der Waals surface area (Å²) in [5.41, 5.74) is 2.59. The van der Waals surface area contributed by atoms with Crippen LogP contribution < -0.4 is 9.84 Å². The van der Waals surface area contributed by atoms with Gasteiger partial charge in [-0.2, -0.15) is 0 Å². The summed E-state index contributed by atoms with van der Waals surface area (Å²) in [6.07, 6.45) is 7.62. The van der Waals surface area contributed by atoms with E-state index in [1.807, 2.05) is 30.3 Å². The van der Waals surface area contributed by atoms with Crippen LogP contribution in [0.25, 0.3) is 0 Å². The molecule has 4 bridgehead atoms. The van der Waals surface area contributed by atoms with Gasteiger partial charge in [0.1, 0.15) is 12.4 Å². The Hall–Kier alpha value is -2.29. The van der Waals surface area contributed by atoms with Crippen molar-refractivity contribution in [3.63, 3.8) is 0 Å². The first-order valence-electron chi connectivity index (χ1n) is 10.1. The predicted octanol–water partition coefficient (Wildman–Crippen LogP) is 4.10. The molecular weight excluding hydrogens is 336 g/mol. The number of aromatic carboxylic acids is 1. The van der Waals surface area contributed by atoms with Crippen molar-refractivity contribution in [3.05, 3.63) is 65.2 Å². The van der Waals surface area contributed by atoms with Gasteiger partial charge in [0, 0.05) is 5.56 Å². The largest absolute Gasteiger partial charge is 0.545 e. The topological polar surface area (TPSA) is 49.4 Å². The first kappa shape index (κ1) is 16.9. The Kier molecular flexibility index (Phi) is 3.99. The molecule has 0 heterocycles. The normalized spacial score (nSPS) is 31.0. The Morgan fingerprint density at radius 3 is 2.19 bits per heavy atom. The van der Waals surface area contributed by atoms with Crippen LogP contribution in [0.1, 0.15) is 60.0 Å². The van der Waals surface area contributed by atoms with Crippen molar-refractivity contribution >= 4 is 5.97 Å². The van der Waals surface area contributed by atoms with Crippen molar-refractivity contribution in [3.8, 4) is 5.75 Å². The second kappa shape index (κ2) is 6.40. The van der Waals surface area contributed by atoms with Gasteiger partial charge in [-0.25, -0.2) is 0 Å². The summed E-state index contributed by atoms with van der Waals surface area (Å²) in [5, 5.41) is 11.5.